The van der Waals surface area contributed by atoms with Crippen molar-refractivity contribution in [2.75, 3.05) is 13.1 Å². The van der Waals surface area contributed by atoms with Gasteiger partial charge >= 0.3 is 0 Å². The Hall–Kier alpha value is -1.09. The summed E-state index contributed by atoms with van der Waals surface area (Å²) >= 11 is 0. The van der Waals surface area contributed by atoms with Crippen molar-refractivity contribution in [3.8, 4) is 5.75 Å². The highest BCUT2D eigenvalue weighted by Gasteiger charge is 2.17. The fourth-order valence-corrected chi connectivity index (χ4v) is 2.57. The lowest BCUT2D eigenvalue weighted by molar-refractivity contribution is 0.162. The number of aryl methyl sites for hydroxylation is 2. The van der Waals surface area contributed by atoms with Crippen molar-refractivity contribution in [3.05, 3.63) is 23.5 Å². The molecule has 2 aliphatic rings. The average molecular weight is 218 g/mol. The van der Waals surface area contributed by atoms with E-state index in [2.05, 4.69) is 16.4 Å². The fourth-order valence-electron chi connectivity index (χ4n) is 2.57. The Morgan fingerprint density at radius 2 is 2.12 bits per heavy atom. The van der Waals surface area contributed by atoms with Gasteiger partial charge in [0.05, 0.1) is 6.20 Å². The largest absolute Gasteiger partial charge is 0.489 e. The third kappa shape index (κ3) is 2.05. The van der Waals surface area contributed by atoms with E-state index in [4.69, 9.17) is 4.74 Å². The summed E-state index contributed by atoms with van der Waals surface area (Å²) in [6.07, 6.45) is 8.05. The Balaban J connectivity index is 1.69. The molecule has 0 saturated carbocycles. The van der Waals surface area contributed by atoms with Gasteiger partial charge in [-0.15, -0.1) is 0 Å². The van der Waals surface area contributed by atoms with Crippen molar-refractivity contribution in [1.82, 2.24) is 10.3 Å². The maximum absolute atomic E-state index is 5.98. The van der Waals surface area contributed by atoms with Crippen molar-refractivity contribution in [1.29, 1.82) is 0 Å². The third-order valence-corrected chi connectivity index (χ3v) is 3.48. The van der Waals surface area contributed by atoms with Crippen molar-refractivity contribution in [3.63, 3.8) is 0 Å². The second kappa shape index (κ2) is 4.42. The zero-order chi connectivity index (χ0) is 10.8. The number of fused-ring (bicyclic) bond motifs is 1. The second-order valence-corrected chi connectivity index (χ2v) is 4.70. The molecule has 1 aliphatic heterocycles. The SMILES string of the molecule is c1nc2c(cc1OC1CCNCC1)CCC2. The van der Waals surface area contributed by atoms with Crippen LogP contribution in [0.5, 0.6) is 5.75 Å². The van der Waals surface area contributed by atoms with Crippen LogP contribution in [0.25, 0.3) is 0 Å². The predicted octanol–water partition coefficient (Wildman–Crippen LogP) is 1.70. The van der Waals surface area contributed by atoms with E-state index in [1.54, 1.807) is 0 Å². The first kappa shape index (κ1) is 10.1. The molecule has 1 aliphatic carbocycles. The summed E-state index contributed by atoms with van der Waals surface area (Å²) in [6, 6.07) is 2.19. The van der Waals surface area contributed by atoms with E-state index in [-0.39, 0.29) is 0 Å². The molecule has 1 N–H and O–H groups in total. The molecule has 0 radical (unpaired) electrons. The second-order valence-electron chi connectivity index (χ2n) is 4.70. The van der Waals surface area contributed by atoms with E-state index in [0.717, 1.165) is 38.1 Å². The Labute approximate surface area is 96.2 Å². The summed E-state index contributed by atoms with van der Waals surface area (Å²) < 4.78 is 5.98. The van der Waals surface area contributed by atoms with Crippen LogP contribution in [-0.2, 0) is 12.8 Å². The molecule has 2 heterocycles. The molecule has 86 valence electrons. The van der Waals surface area contributed by atoms with Crippen molar-refractivity contribution in [2.45, 2.75) is 38.2 Å². The summed E-state index contributed by atoms with van der Waals surface area (Å²) in [6.45, 7) is 2.14. The number of nitrogens with one attached hydrogen (secondary N) is 1. The molecular weight excluding hydrogens is 200 g/mol. The van der Waals surface area contributed by atoms with Gasteiger partial charge in [0.1, 0.15) is 11.9 Å². The lowest BCUT2D eigenvalue weighted by Gasteiger charge is -2.23. The van der Waals surface area contributed by atoms with E-state index < -0.39 is 0 Å². The third-order valence-electron chi connectivity index (χ3n) is 3.48. The van der Waals surface area contributed by atoms with E-state index in [1.165, 1.54) is 24.1 Å². The monoisotopic (exact) mass is 218 g/mol. The minimum atomic E-state index is 0.377. The highest BCUT2D eigenvalue weighted by molar-refractivity contribution is 5.32. The molecule has 0 aromatic carbocycles. The van der Waals surface area contributed by atoms with Crippen LogP contribution in [-0.4, -0.2) is 24.2 Å². The molecule has 1 aromatic rings. The first-order valence-electron chi connectivity index (χ1n) is 6.27. The van der Waals surface area contributed by atoms with E-state index in [0.29, 0.717) is 6.10 Å². The van der Waals surface area contributed by atoms with Gasteiger partial charge in [0.25, 0.3) is 0 Å². The molecule has 16 heavy (non-hydrogen) atoms. The van der Waals surface area contributed by atoms with Gasteiger partial charge in [-0.25, -0.2) is 0 Å². The zero-order valence-corrected chi connectivity index (χ0v) is 9.54. The van der Waals surface area contributed by atoms with Crippen LogP contribution >= 0.6 is 0 Å². The van der Waals surface area contributed by atoms with Gasteiger partial charge in [-0.05, 0) is 56.8 Å². The van der Waals surface area contributed by atoms with Crippen LogP contribution in [0.2, 0.25) is 0 Å². The topological polar surface area (TPSA) is 34.1 Å². The van der Waals surface area contributed by atoms with Gasteiger partial charge in [-0.3, -0.25) is 4.98 Å². The highest BCUT2D eigenvalue weighted by Crippen LogP contribution is 2.25. The maximum Gasteiger partial charge on any atom is 0.138 e. The quantitative estimate of drug-likeness (QED) is 0.820. The van der Waals surface area contributed by atoms with Crippen LogP contribution in [0.1, 0.15) is 30.5 Å². The molecule has 3 heteroatoms. The van der Waals surface area contributed by atoms with Crippen molar-refractivity contribution in [2.24, 2.45) is 0 Å². The van der Waals surface area contributed by atoms with E-state index >= 15 is 0 Å². The lowest BCUT2D eigenvalue weighted by atomic mass is 10.1. The standard InChI is InChI=1S/C13H18N2O/c1-2-10-8-12(9-15-13(10)3-1)16-11-4-6-14-7-5-11/h8-9,11,14H,1-7H2. The first-order valence-corrected chi connectivity index (χ1v) is 6.27. The predicted molar refractivity (Wildman–Crippen MR) is 62.8 cm³/mol. The minimum absolute atomic E-state index is 0.377. The molecule has 0 unspecified atom stereocenters. The maximum atomic E-state index is 5.98. The molecule has 1 saturated heterocycles. The fraction of sp³-hybridized carbons (Fsp3) is 0.615. The molecule has 1 fully saturated rings. The number of ether oxygens (including phenoxy) is 1. The van der Waals surface area contributed by atoms with Gasteiger partial charge in [-0.2, -0.15) is 0 Å². The number of hydrogen-bond donors (Lipinski definition) is 1. The summed E-state index contributed by atoms with van der Waals surface area (Å²) in [5.74, 6) is 0.965. The molecule has 3 nitrogen and oxygen atoms in total. The number of hydrogen-bond acceptors (Lipinski definition) is 3. The highest BCUT2D eigenvalue weighted by atomic mass is 16.5. The normalized spacial score (nSPS) is 20.8. The smallest absolute Gasteiger partial charge is 0.138 e. The summed E-state index contributed by atoms with van der Waals surface area (Å²) in [7, 11) is 0. The van der Waals surface area contributed by atoms with Gasteiger partial charge in [-0.1, -0.05) is 0 Å². The Kier molecular flexibility index (Phi) is 2.79. The first-order chi connectivity index (χ1) is 7.92. The lowest BCUT2D eigenvalue weighted by Crippen LogP contribution is -2.34. The molecule has 0 amide bonds. The van der Waals surface area contributed by atoms with Gasteiger partial charge in [0, 0.05) is 5.69 Å². The Morgan fingerprint density at radius 3 is 3.00 bits per heavy atom. The van der Waals surface area contributed by atoms with E-state index in [1.807, 2.05) is 6.20 Å². The van der Waals surface area contributed by atoms with Crippen LogP contribution < -0.4 is 10.1 Å². The Morgan fingerprint density at radius 1 is 1.25 bits per heavy atom. The number of nitrogens with zero attached hydrogens (tertiary/aromatic N) is 1. The van der Waals surface area contributed by atoms with E-state index in [9.17, 15) is 0 Å². The summed E-state index contributed by atoms with van der Waals surface area (Å²) in [4.78, 5) is 4.48. The Bertz CT molecular complexity index is 372. The molecule has 0 bridgehead atoms. The molecular formula is C13H18N2O. The van der Waals surface area contributed by atoms with Crippen molar-refractivity contribution >= 4 is 0 Å². The van der Waals surface area contributed by atoms with Crippen LogP contribution in [0.3, 0.4) is 0 Å². The minimum Gasteiger partial charge on any atom is -0.489 e. The zero-order valence-electron chi connectivity index (χ0n) is 9.54. The van der Waals surface area contributed by atoms with Crippen LogP contribution in [0, 0.1) is 0 Å². The number of rotatable bonds is 2. The van der Waals surface area contributed by atoms with Gasteiger partial charge in [0.15, 0.2) is 0 Å². The number of pyridine rings is 1. The van der Waals surface area contributed by atoms with Crippen LogP contribution in [0.4, 0.5) is 0 Å². The molecule has 3 rings (SSSR count). The average Bonchev–Trinajstić information content (AvgIpc) is 2.77. The summed E-state index contributed by atoms with van der Waals surface area (Å²) in [5, 5.41) is 3.35. The van der Waals surface area contributed by atoms with Gasteiger partial charge in [0.2, 0.25) is 0 Å². The van der Waals surface area contributed by atoms with Crippen LogP contribution in [0.15, 0.2) is 12.3 Å². The number of piperidine rings is 1. The molecule has 0 atom stereocenters. The molecule has 0 spiro atoms. The van der Waals surface area contributed by atoms with Crippen molar-refractivity contribution < 1.29 is 4.74 Å². The number of aromatic nitrogens is 1. The van der Waals surface area contributed by atoms with Gasteiger partial charge < -0.3 is 10.1 Å². The summed E-state index contributed by atoms with van der Waals surface area (Å²) in [5.41, 5.74) is 2.67. The molecule has 1 aromatic heterocycles.